The van der Waals surface area contributed by atoms with Crippen molar-refractivity contribution in [3.63, 3.8) is 0 Å². The summed E-state index contributed by atoms with van der Waals surface area (Å²) in [6.07, 6.45) is 7.66. The molecule has 0 N–H and O–H groups in total. The van der Waals surface area contributed by atoms with E-state index in [1.165, 1.54) is 6.42 Å². The van der Waals surface area contributed by atoms with E-state index in [2.05, 4.69) is 26.0 Å². The maximum Gasteiger partial charge on any atom is 0.137 e. The van der Waals surface area contributed by atoms with E-state index in [1.807, 2.05) is 0 Å². The second kappa shape index (κ2) is 3.28. The van der Waals surface area contributed by atoms with Crippen LogP contribution in [0.2, 0.25) is 0 Å². The average Bonchev–Trinajstić information content (AvgIpc) is 2.40. The molecule has 0 saturated heterocycles. The molecule has 0 aromatic carbocycles. The lowest BCUT2D eigenvalue weighted by molar-refractivity contribution is -0.124. The van der Waals surface area contributed by atoms with Gasteiger partial charge in [-0.15, -0.1) is 0 Å². The first-order chi connectivity index (χ1) is 6.20. The number of fused-ring (bicyclic) bond motifs is 1. The van der Waals surface area contributed by atoms with Gasteiger partial charge < -0.3 is 0 Å². The van der Waals surface area contributed by atoms with Gasteiger partial charge in [0.2, 0.25) is 0 Å². The van der Waals surface area contributed by atoms with Crippen LogP contribution in [0.1, 0.15) is 33.1 Å². The minimum absolute atomic E-state index is 0.317. The van der Waals surface area contributed by atoms with Gasteiger partial charge in [0.1, 0.15) is 5.78 Å². The van der Waals surface area contributed by atoms with Gasteiger partial charge >= 0.3 is 0 Å². The maximum atomic E-state index is 11.8. The predicted molar refractivity (Wildman–Crippen MR) is 53.3 cm³/mol. The Balaban J connectivity index is 2.24. The average molecular weight is 178 g/mol. The highest BCUT2D eigenvalue weighted by Crippen LogP contribution is 2.41. The first-order valence-electron chi connectivity index (χ1n) is 5.41. The molecule has 2 aliphatic carbocycles. The normalized spacial score (nSPS) is 44.6. The van der Waals surface area contributed by atoms with Gasteiger partial charge in [0.15, 0.2) is 0 Å². The molecule has 1 nitrogen and oxygen atoms in total. The molecule has 0 amide bonds. The summed E-state index contributed by atoms with van der Waals surface area (Å²) in [5, 5.41) is 0. The summed E-state index contributed by atoms with van der Waals surface area (Å²) in [7, 11) is 0. The Morgan fingerprint density at radius 1 is 1.31 bits per heavy atom. The van der Waals surface area contributed by atoms with Gasteiger partial charge in [0.25, 0.3) is 0 Å². The Bertz CT molecular complexity index is 242. The van der Waals surface area contributed by atoms with Crippen LogP contribution in [0.4, 0.5) is 0 Å². The van der Waals surface area contributed by atoms with Gasteiger partial charge in [0.05, 0.1) is 0 Å². The van der Waals surface area contributed by atoms with Crippen LogP contribution in [0.25, 0.3) is 0 Å². The van der Waals surface area contributed by atoms with Gasteiger partial charge in [0, 0.05) is 12.3 Å². The van der Waals surface area contributed by atoms with Crippen molar-refractivity contribution in [2.45, 2.75) is 33.1 Å². The second-order valence-corrected chi connectivity index (χ2v) is 4.68. The van der Waals surface area contributed by atoms with E-state index < -0.39 is 0 Å². The molecule has 0 spiro atoms. The Labute approximate surface area is 80.2 Å². The third-order valence-electron chi connectivity index (χ3n) is 3.73. The molecule has 4 unspecified atom stereocenters. The number of allylic oxidation sites excluding steroid dienone is 2. The van der Waals surface area contributed by atoms with Crippen molar-refractivity contribution < 1.29 is 4.79 Å². The fraction of sp³-hybridized carbons (Fsp3) is 0.750. The van der Waals surface area contributed by atoms with Crippen LogP contribution >= 0.6 is 0 Å². The predicted octanol–water partition coefficient (Wildman–Crippen LogP) is 2.81. The molecule has 1 saturated carbocycles. The fourth-order valence-corrected chi connectivity index (χ4v) is 2.90. The summed E-state index contributed by atoms with van der Waals surface area (Å²) < 4.78 is 0. The van der Waals surface area contributed by atoms with E-state index >= 15 is 0 Å². The van der Waals surface area contributed by atoms with E-state index in [0.717, 1.165) is 12.8 Å². The fourth-order valence-electron chi connectivity index (χ4n) is 2.90. The Hall–Kier alpha value is -0.590. The summed E-state index contributed by atoms with van der Waals surface area (Å²) in [4.78, 5) is 11.8. The molecule has 0 aromatic heterocycles. The molecule has 0 aromatic rings. The zero-order valence-corrected chi connectivity index (χ0v) is 8.49. The zero-order chi connectivity index (χ0) is 9.42. The molecule has 13 heavy (non-hydrogen) atoms. The van der Waals surface area contributed by atoms with Crippen molar-refractivity contribution in [2.24, 2.45) is 23.7 Å². The monoisotopic (exact) mass is 178 g/mol. The topological polar surface area (TPSA) is 17.1 Å². The van der Waals surface area contributed by atoms with Crippen LogP contribution in [-0.2, 0) is 4.79 Å². The molecule has 1 fully saturated rings. The van der Waals surface area contributed by atoms with Crippen LogP contribution in [0.15, 0.2) is 12.2 Å². The molecular formula is C12H18O. The minimum atomic E-state index is 0.317. The summed E-state index contributed by atoms with van der Waals surface area (Å²) >= 11 is 0. The standard InChI is InChI=1S/C12H18O/c1-8-4-3-5-11(13)12-9(2)6-7-10(8)12/h6-10,12H,3-5H2,1-2H3. The molecule has 2 rings (SSSR count). The van der Waals surface area contributed by atoms with Crippen molar-refractivity contribution in [1.82, 2.24) is 0 Å². The number of hydrogen-bond acceptors (Lipinski definition) is 1. The number of hydrogen-bond donors (Lipinski definition) is 0. The van der Waals surface area contributed by atoms with Crippen LogP contribution in [0, 0.1) is 23.7 Å². The summed E-state index contributed by atoms with van der Waals surface area (Å²) in [5.41, 5.74) is 0. The molecular weight excluding hydrogens is 160 g/mol. The Morgan fingerprint density at radius 2 is 2.08 bits per heavy atom. The Kier molecular flexibility index (Phi) is 2.27. The highest BCUT2D eigenvalue weighted by atomic mass is 16.1. The molecule has 72 valence electrons. The first kappa shape index (κ1) is 8.98. The van der Waals surface area contributed by atoms with Crippen molar-refractivity contribution in [2.75, 3.05) is 0 Å². The van der Waals surface area contributed by atoms with Crippen molar-refractivity contribution >= 4 is 5.78 Å². The second-order valence-electron chi connectivity index (χ2n) is 4.68. The molecule has 0 heterocycles. The number of carbonyl (C=O) groups is 1. The van der Waals surface area contributed by atoms with Crippen LogP contribution in [0.3, 0.4) is 0 Å². The van der Waals surface area contributed by atoms with Crippen molar-refractivity contribution in [3.8, 4) is 0 Å². The van der Waals surface area contributed by atoms with Crippen LogP contribution < -0.4 is 0 Å². The highest BCUT2D eigenvalue weighted by Gasteiger charge is 2.38. The lowest BCUT2D eigenvalue weighted by atomic mass is 9.80. The molecule has 4 atom stereocenters. The molecule has 1 heteroatoms. The maximum absolute atomic E-state index is 11.8. The summed E-state index contributed by atoms with van der Waals surface area (Å²) in [6.45, 7) is 4.47. The lowest BCUT2D eigenvalue weighted by Gasteiger charge is -2.23. The SMILES string of the molecule is CC1C=CC2C(C)CCCC(=O)C12. The van der Waals surface area contributed by atoms with E-state index in [0.29, 0.717) is 29.5 Å². The van der Waals surface area contributed by atoms with E-state index in [4.69, 9.17) is 0 Å². The third kappa shape index (κ3) is 1.45. The highest BCUT2D eigenvalue weighted by molar-refractivity contribution is 5.82. The van der Waals surface area contributed by atoms with Gasteiger partial charge in [-0.05, 0) is 30.6 Å². The molecule has 0 radical (unpaired) electrons. The van der Waals surface area contributed by atoms with E-state index in [1.54, 1.807) is 0 Å². The molecule has 0 bridgehead atoms. The van der Waals surface area contributed by atoms with Crippen LogP contribution in [-0.4, -0.2) is 5.78 Å². The number of Topliss-reactive ketones (excluding diaryl/α,β-unsaturated/α-hetero) is 1. The largest absolute Gasteiger partial charge is 0.299 e. The quantitative estimate of drug-likeness (QED) is 0.521. The van der Waals surface area contributed by atoms with E-state index in [-0.39, 0.29) is 0 Å². The smallest absolute Gasteiger partial charge is 0.137 e. The van der Waals surface area contributed by atoms with Gasteiger partial charge in [-0.1, -0.05) is 26.0 Å². The van der Waals surface area contributed by atoms with Gasteiger partial charge in [-0.2, -0.15) is 0 Å². The number of rotatable bonds is 0. The van der Waals surface area contributed by atoms with E-state index in [9.17, 15) is 4.79 Å². The Morgan fingerprint density at radius 3 is 2.85 bits per heavy atom. The zero-order valence-electron chi connectivity index (χ0n) is 8.49. The first-order valence-corrected chi connectivity index (χ1v) is 5.41. The number of ketones is 1. The van der Waals surface area contributed by atoms with Gasteiger partial charge in [-0.3, -0.25) is 4.79 Å². The number of carbonyl (C=O) groups excluding carboxylic acids is 1. The van der Waals surface area contributed by atoms with Crippen molar-refractivity contribution in [1.29, 1.82) is 0 Å². The third-order valence-corrected chi connectivity index (χ3v) is 3.73. The molecule has 0 aliphatic heterocycles. The van der Waals surface area contributed by atoms with Crippen LogP contribution in [0.5, 0.6) is 0 Å². The summed E-state index contributed by atoms with van der Waals surface area (Å²) in [6, 6.07) is 0. The van der Waals surface area contributed by atoms with Gasteiger partial charge in [-0.25, -0.2) is 0 Å². The molecule has 2 aliphatic rings. The summed E-state index contributed by atoms with van der Waals surface area (Å²) in [5.74, 6) is 2.56. The lowest BCUT2D eigenvalue weighted by Crippen LogP contribution is -2.25. The van der Waals surface area contributed by atoms with Crippen molar-refractivity contribution in [3.05, 3.63) is 12.2 Å². The minimum Gasteiger partial charge on any atom is -0.299 e.